The van der Waals surface area contributed by atoms with Crippen molar-refractivity contribution >= 4 is 17.4 Å². The molecule has 1 aromatic carbocycles. The highest BCUT2D eigenvalue weighted by Gasteiger charge is 2.42. The van der Waals surface area contributed by atoms with Gasteiger partial charge in [0.05, 0.1) is 11.5 Å². The highest BCUT2D eigenvalue weighted by atomic mass is 19.1. The number of nitro benzene ring substituents is 1. The van der Waals surface area contributed by atoms with Crippen LogP contribution in [0.3, 0.4) is 0 Å². The minimum Gasteiger partial charge on any atom is -0.462 e. The van der Waals surface area contributed by atoms with Crippen molar-refractivity contribution in [2.75, 3.05) is 6.61 Å². The van der Waals surface area contributed by atoms with Crippen LogP contribution in [0.5, 0.6) is 0 Å². The molecule has 126 valence electrons. The fourth-order valence-corrected chi connectivity index (χ4v) is 3.22. The maximum absolute atomic E-state index is 14.3. The van der Waals surface area contributed by atoms with Crippen LogP contribution >= 0.6 is 0 Å². The summed E-state index contributed by atoms with van der Waals surface area (Å²) in [5.74, 6) is -2.41. The number of halogens is 1. The summed E-state index contributed by atoms with van der Waals surface area (Å²) in [6, 6.07) is 0.946. The van der Waals surface area contributed by atoms with E-state index in [1.54, 1.807) is 13.0 Å². The van der Waals surface area contributed by atoms with Gasteiger partial charge in [0.25, 0.3) is 0 Å². The zero-order chi connectivity index (χ0) is 17.6. The van der Waals surface area contributed by atoms with Crippen LogP contribution in [0.4, 0.5) is 10.1 Å². The molecule has 1 aromatic rings. The Morgan fingerprint density at radius 2 is 2.12 bits per heavy atom. The number of ketones is 1. The van der Waals surface area contributed by atoms with Crippen LogP contribution < -0.4 is 0 Å². The normalized spacial score (nSPS) is 19.5. The molecule has 0 amide bonds. The van der Waals surface area contributed by atoms with Gasteiger partial charge in [0.15, 0.2) is 0 Å². The third kappa shape index (κ3) is 2.50. The summed E-state index contributed by atoms with van der Waals surface area (Å²) < 4.78 is 19.2. The summed E-state index contributed by atoms with van der Waals surface area (Å²) >= 11 is 0. The van der Waals surface area contributed by atoms with Crippen molar-refractivity contribution in [1.29, 1.82) is 0 Å². The number of nitrogens with zero attached hydrogens (tertiary/aromatic N) is 1. The fraction of sp³-hybridized carbons (Fsp3) is 0.412. The summed E-state index contributed by atoms with van der Waals surface area (Å²) in [5, 5.41) is 11.1. The quantitative estimate of drug-likeness (QED) is 0.365. The first kappa shape index (κ1) is 16.3. The van der Waals surface area contributed by atoms with Crippen LogP contribution in [0.2, 0.25) is 0 Å². The third-order valence-electron chi connectivity index (χ3n) is 4.52. The van der Waals surface area contributed by atoms with E-state index in [1.165, 1.54) is 6.92 Å². The molecule has 7 heteroatoms. The highest BCUT2D eigenvalue weighted by Crippen LogP contribution is 2.49. The number of carbonyl (C=O) groups excluding carboxylic acids is 2. The molecule has 0 spiro atoms. The first-order valence-corrected chi connectivity index (χ1v) is 7.77. The Morgan fingerprint density at radius 1 is 1.46 bits per heavy atom. The molecule has 0 heterocycles. The molecular formula is C17H16FNO5. The second kappa shape index (κ2) is 5.81. The number of esters is 1. The van der Waals surface area contributed by atoms with Crippen LogP contribution in [0.1, 0.15) is 47.2 Å². The summed E-state index contributed by atoms with van der Waals surface area (Å²) in [4.78, 5) is 34.9. The number of hydrogen-bond donors (Lipinski definition) is 0. The second-order valence-corrected chi connectivity index (χ2v) is 6.05. The van der Waals surface area contributed by atoms with E-state index in [2.05, 4.69) is 0 Å². The van der Waals surface area contributed by atoms with Gasteiger partial charge in [-0.1, -0.05) is 6.08 Å². The van der Waals surface area contributed by atoms with Crippen LogP contribution in [0, 0.1) is 28.8 Å². The molecule has 2 aliphatic rings. The second-order valence-electron chi connectivity index (χ2n) is 6.05. The molecule has 0 aromatic heterocycles. The Morgan fingerprint density at radius 3 is 2.67 bits per heavy atom. The molecule has 2 aliphatic carbocycles. The molecule has 6 nitrogen and oxygen atoms in total. The molecule has 1 atom stereocenters. The highest BCUT2D eigenvalue weighted by molar-refractivity contribution is 6.26. The van der Waals surface area contributed by atoms with E-state index in [0.29, 0.717) is 5.56 Å². The molecule has 0 aliphatic heterocycles. The van der Waals surface area contributed by atoms with E-state index in [4.69, 9.17) is 4.74 Å². The number of fused-ring (bicyclic) bond motifs is 1. The van der Waals surface area contributed by atoms with Gasteiger partial charge in [0, 0.05) is 17.5 Å². The zero-order valence-electron chi connectivity index (χ0n) is 13.3. The SMILES string of the molecule is CCOC(=O)C1=C[C@H](C2CC2)c2c(cc([N+](=O)[O-])c(F)c2C)C1=O. The first-order valence-electron chi connectivity index (χ1n) is 7.77. The number of allylic oxidation sites excluding steroid dienone is 1. The van der Waals surface area contributed by atoms with Crippen molar-refractivity contribution in [2.45, 2.75) is 32.6 Å². The lowest BCUT2D eigenvalue weighted by Crippen LogP contribution is -2.25. The number of ether oxygens (including phenoxy) is 1. The summed E-state index contributed by atoms with van der Waals surface area (Å²) in [5.41, 5.74) is -0.286. The average Bonchev–Trinajstić information content (AvgIpc) is 3.35. The van der Waals surface area contributed by atoms with Gasteiger partial charge in [-0.3, -0.25) is 14.9 Å². The van der Waals surface area contributed by atoms with Crippen molar-refractivity contribution in [2.24, 2.45) is 5.92 Å². The fourth-order valence-electron chi connectivity index (χ4n) is 3.22. The summed E-state index contributed by atoms with van der Waals surface area (Å²) in [6.07, 6.45) is 3.35. The molecule has 1 fully saturated rings. The lowest BCUT2D eigenvalue weighted by molar-refractivity contribution is -0.387. The number of benzene rings is 1. The maximum Gasteiger partial charge on any atom is 0.341 e. The maximum atomic E-state index is 14.3. The predicted molar refractivity (Wildman–Crippen MR) is 82.3 cm³/mol. The van der Waals surface area contributed by atoms with E-state index >= 15 is 0 Å². The van der Waals surface area contributed by atoms with Crippen molar-refractivity contribution in [1.82, 2.24) is 0 Å². The Bertz CT molecular complexity index is 795. The van der Waals surface area contributed by atoms with Gasteiger partial charge >= 0.3 is 11.7 Å². The van der Waals surface area contributed by atoms with Crippen LogP contribution in [-0.2, 0) is 9.53 Å². The number of nitro groups is 1. The minimum absolute atomic E-state index is 0.0306. The van der Waals surface area contributed by atoms with Gasteiger partial charge < -0.3 is 4.74 Å². The summed E-state index contributed by atoms with van der Waals surface area (Å²) in [6.45, 7) is 3.18. The van der Waals surface area contributed by atoms with E-state index in [1.807, 2.05) is 0 Å². The predicted octanol–water partition coefficient (Wildman–Crippen LogP) is 3.22. The lowest BCUT2D eigenvalue weighted by atomic mass is 9.78. The van der Waals surface area contributed by atoms with Gasteiger partial charge in [-0.2, -0.15) is 4.39 Å². The largest absolute Gasteiger partial charge is 0.462 e. The molecule has 24 heavy (non-hydrogen) atoms. The Labute approximate surface area is 137 Å². The minimum atomic E-state index is -0.926. The number of hydrogen-bond acceptors (Lipinski definition) is 5. The smallest absolute Gasteiger partial charge is 0.341 e. The summed E-state index contributed by atoms with van der Waals surface area (Å²) in [7, 11) is 0. The third-order valence-corrected chi connectivity index (χ3v) is 4.52. The number of Topliss-reactive ketones (excluding diaryl/α,β-unsaturated/α-hetero) is 1. The van der Waals surface area contributed by atoms with Gasteiger partial charge in [0.1, 0.15) is 5.57 Å². The standard InChI is InChI=1S/C17H16FNO5/c1-3-24-17(21)12-6-10(9-4-5-9)14-8(2)15(18)13(19(22)23)7-11(14)16(12)20/h6-7,9-10H,3-5H2,1-2H3/t10-/m1/s1. The van der Waals surface area contributed by atoms with Crippen molar-refractivity contribution in [3.8, 4) is 0 Å². The molecule has 0 unspecified atom stereocenters. The molecular weight excluding hydrogens is 317 g/mol. The lowest BCUT2D eigenvalue weighted by Gasteiger charge is -2.25. The van der Waals surface area contributed by atoms with E-state index < -0.39 is 28.2 Å². The average molecular weight is 333 g/mol. The Hall–Kier alpha value is -2.57. The molecule has 0 bridgehead atoms. The zero-order valence-corrected chi connectivity index (χ0v) is 13.3. The van der Waals surface area contributed by atoms with Gasteiger partial charge in [-0.05, 0) is 43.7 Å². The van der Waals surface area contributed by atoms with Crippen molar-refractivity contribution in [3.05, 3.63) is 50.3 Å². The molecule has 3 rings (SSSR count). The van der Waals surface area contributed by atoms with E-state index in [9.17, 15) is 24.1 Å². The monoisotopic (exact) mass is 333 g/mol. The molecule has 0 N–H and O–H groups in total. The Kier molecular flexibility index (Phi) is 3.95. The van der Waals surface area contributed by atoms with Gasteiger partial charge in [0.2, 0.25) is 11.6 Å². The van der Waals surface area contributed by atoms with E-state index in [0.717, 1.165) is 18.9 Å². The molecule has 0 radical (unpaired) electrons. The Balaban J connectivity index is 2.20. The van der Waals surface area contributed by atoms with Crippen LogP contribution in [-0.4, -0.2) is 23.3 Å². The van der Waals surface area contributed by atoms with Crippen LogP contribution in [0.25, 0.3) is 0 Å². The first-order chi connectivity index (χ1) is 11.4. The van der Waals surface area contributed by atoms with Gasteiger partial charge in [-0.15, -0.1) is 0 Å². The van der Waals surface area contributed by atoms with Crippen molar-refractivity contribution in [3.63, 3.8) is 0 Å². The van der Waals surface area contributed by atoms with Gasteiger partial charge in [-0.25, -0.2) is 4.79 Å². The topological polar surface area (TPSA) is 86.5 Å². The van der Waals surface area contributed by atoms with Crippen molar-refractivity contribution < 1.29 is 23.6 Å². The number of rotatable bonds is 4. The molecule has 1 saturated carbocycles. The molecule has 0 saturated heterocycles. The number of carbonyl (C=O) groups is 2. The van der Waals surface area contributed by atoms with E-state index in [-0.39, 0.29) is 35.1 Å². The van der Waals surface area contributed by atoms with Crippen LogP contribution in [0.15, 0.2) is 17.7 Å².